The maximum absolute atomic E-state index is 4.41. The van der Waals surface area contributed by atoms with E-state index >= 15 is 0 Å². The van der Waals surface area contributed by atoms with E-state index in [2.05, 4.69) is 39.5 Å². The van der Waals surface area contributed by atoms with Gasteiger partial charge in [0.15, 0.2) is 0 Å². The minimum atomic E-state index is 1.00. The van der Waals surface area contributed by atoms with Crippen molar-refractivity contribution in [2.45, 2.75) is 20.0 Å². The number of hydrogen-bond donors (Lipinski definition) is 0. The Morgan fingerprint density at radius 3 is 2.60 bits per heavy atom. The van der Waals surface area contributed by atoms with Crippen LogP contribution >= 0.6 is 0 Å². The summed E-state index contributed by atoms with van der Waals surface area (Å²) in [6.45, 7) is 8.83. The van der Waals surface area contributed by atoms with Gasteiger partial charge in [-0.2, -0.15) is 0 Å². The molecule has 1 saturated heterocycles. The fraction of sp³-hybridized carbons (Fsp3) is 0.727. The number of hydrogen-bond acceptors (Lipinski definition) is 3. The molecule has 0 spiro atoms. The van der Waals surface area contributed by atoms with Crippen molar-refractivity contribution in [3.05, 3.63) is 18.2 Å². The van der Waals surface area contributed by atoms with E-state index in [0.717, 1.165) is 26.2 Å². The molecule has 4 nitrogen and oxygen atoms in total. The van der Waals surface area contributed by atoms with Crippen LogP contribution in [0.3, 0.4) is 0 Å². The molecular formula is C11H20N4. The number of imidazole rings is 1. The van der Waals surface area contributed by atoms with Crippen molar-refractivity contribution in [3.8, 4) is 0 Å². The molecule has 1 aliphatic rings. The van der Waals surface area contributed by atoms with E-state index in [1.54, 1.807) is 0 Å². The monoisotopic (exact) mass is 208 g/mol. The summed E-state index contributed by atoms with van der Waals surface area (Å²) in [5, 5.41) is 0. The summed E-state index contributed by atoms with van der Waals surface area (Å²) >= 11 is 0. The van der Waals surface area contributed by atoms with Crippen molar-refractivity contribution in [1.29, 1.82) is 0 Å². The zero-order valence-electron chi connectivity index (χ0n) is 9.69. The maximum Gasteiger partial charge on any atom is 0.0949 e. The molecule has 0 unspecified atom stereocenters. The first kappa shape index (κ1) is 10.6. The lowest BCUT2D eigenvalue weighted by Crippen LogP contribution is -2.43. The summed E-state index contributed by atoms with van der Waals surface area (Å²) in [5.41, 5.74) is 1.20. The Morgan fingerprint density at radius 2 is 2.00 bits per heavy atom. The Labute approximate surface area is 91.5 Å². The Morgan fingerprint density at radius 1 is 1.27 bits per heavy atom. The molecule has 0 amide bonds. The second kappa shape index (κ2) is 4.77. The van der Waals surface area contributed by atoms with Gasteiger partial charge in [-0.1, -0.05) is 0 Å². The van der Waals surface area contributed by atoms with Gasteiger partial charge in [0.25, 0.3) is 0 Å². The Kier molecular flexibility index (Phi) is 3.38. The number of aryl methyl sites for hydroxylation is 1. The van der Waals surface area contributed by atoms with Gasteiger partial charge in [0, 0.05) is 45.5 Å². The van der Waals surface area contributed by atoms with Crippen LogP contribution < -0.4 is 0 Å². The second-order valence-electron chi connectivity index (χ2n) is 4.27. The molecule has 0 aromatic carbocycles. The summed E-state index contributed by atoms with van der Waals surface area (Å²) in [4.78, 5) is 9.26. The normalized spacial score (nSPS) is 19.6. The molecule has 1 aromatic rings. The highest BCUT2D eigenvalue weighted by Crippen LogP contribution is 2.05. The SMILES string of the molecule is CCn1cnc(CN2CCN(C)CC2)c1. The van der Waals surface area contributed by atoms with E-state index in [1.165, 1.54) is 18.8 Å². The van der Waals surface area contributed by atoms with Crippen molar-refractivity contribution in [3.63, 3.8) is 0 Å². The van der Waals surface area contributed by atoms with Crippen LogP contribution in [0, 0.1) is 0 Å². The largest absolute Gasteiger partial charge is 0.337 e. The van der Waals surface area contributed by atoms with Crippen LogP contribution in [0.5, 0.6) is 0 Å². The van der Waals surface area contributed by atoms with Gasteiger partial charge in [0.2, 0.25) is 0 Å². The second-order valence-corrected chi connectivity index (χ2v) is 4.27. The summed E-state index contributed by atoms with van der Waals surface area (Å²) in [5.74, 6) is 0. The third-order valence-electron chi connectivity index (χ3n) is 3.03. The van der Waals surface area contributed by atoms with Crippen molar-refractivity contribution in [1.82, 2.24) is 19.4 Å². The topological polar surface area (TPSA) is 24.3 Å². The number of rotatable bonds is 3. The van der Waals surface area contributed by atoms with Crippen molar-refractivity contribution in [2.75, 3.05) is 33.2 Å². The number of piperazine rings is 1. The molecule has 1 aromatic heterocycles. The standard InChI is InChI=1S/C11H20N4/c1-3-14-8-11(12-10-14)9-15-6-4-13(2)5-7-15/h8,10H,3-7,9H2,1-2H3. The molecule has 4 heteroatoms. The highest BCUT2D eigenvalue weighted by molar-refractivity contribution is 4.96. The zero-order valence-corrected chi connectivity index (χ0v) is 9.69. The van der Waals surface area contributed by atoms with Crippen LogP contribution in [0.2, 0.25) is 0 Å². The van der Waals surface area contributed by atoms with Crippen LogP contribution in [0.1, 0.15) is 12.6 Å². The Balaban J connectivity index is 1.86. The van der Waals surface area contributed by atoms with Gasteiger partial charge in [-0.25, -0.2) is 4.98 Å². The summed E-state index contributed by atoms with van der Waals surface area (Å²) in [6.07, 6.45) is 4.07. The molecule has 0 radical (unpaired) electrons. The van der Waals surface area contributed by atoms with Crippen LogP contribution in [-0.2, 0) is 13.1 Å². The first-order valence-electron chi connectivity index (χ1n) is 5.69. The maximum atomic E-state index is 4.41. The van der Waals surface area contributed by atoms with Gasteiger partial charge in [-0.3, -0.25) is 4.90 Å². The van der Waals surface area contributed by atoms with Gasteiger partial charge >= 0.3 is 0 Å². The molecule has 84 valence electrons. The predicted octanol–water partition coefficient (Wildman–Crippen LogP) is 0.650. The number of nitrogens with zero attached hydrogens (tertiary/aromatic N) is 4. The summed E-state index contributed by atoms with van der Waals surface area (Å²) in [6, 6.07) is 0. The molecule has 0 atom stereocenters. The molecule has 0 bridgehead atoms. The molecular weight excluding hydrogens is 188 g/mol. The minimum Gasteiger partial charge on any atom is -0.337 e. The van der Waals surface area contributed by atoms with Gasteiger partial charge < -0.3 is 9.47 Å². The van der Waals surface area contributed by atoms with Crippen LogP contribution in [0.4, 0.5) is 0 Å². The molecule has 0 N–H and O–H groups in total. The highest BCUT2D eigenvalue weighted by atomic mass is 15.2. The summed E-state index contributed by atoms with van der Waals surface area (Å²) in [7, 11) is 2.18. The summed E-state index contributed by atoms with van der Waals surface area (Å²) < 4.78 is 2.13. The molecule has 1 aliphatic heterocycles. The van der Waals surface area contributed by atoms with Gasteiger partial charge in [-0.15, -0.1) is 0 Å². The molecule has 2 heterocycles. The first-order valence-corrected chi connectivity index (χ1v) is 5.69. The van der Waals surface area contributed by atoms with Crippen molar-refractivity contribution >= 4 is 0 Å². The molecule has 1 fully saturated rings. The molecule has 15 heavy (non-hydrogen) atoms. The predicted molar refractivity (Wildman–Crippen MR) is 60.7 cm³/mol. The van der Waals surface area contributed by atoms with E-state index < -0.39 is 0 Å². The van der Waals surface area contributed by atoms with Crippen LogP contribution in [0.15, 0.2) is 12.5 Å². The first-order chi connectivity index (χ1) is 7.28. The van der Waals surface area contributed by atoms with E-state index in [1.807, 2.05) is 6.33 Å². The molecule has 0 aliphatic carbocycles. The smallest absolute Gasteiger partial charge is 0.0949 e. The molecule has 2 rings (SSSR count). The third-order valence-corrected chi connectivity index (χ3v) is 3.03. The van der Waals surface area contributed by atoms with E-state index in [4.69, 9.17) is 0 Å². The van der Waals surface area contributed by atoms with Gasteiger partial charge in [-0.05, 0) is 14.0 Å². The zero-order chi connectivity index (χ0) is 10.7. The van der Waals surface area contributed by atoms with Crippen molar-refractivity contribution in [2.24, 2.45) is 0 Å². The average Bonchev–Trinajstić information content (AvgIpc) is 2.69. The quantitative estimate of drug-likeness (QED) is 0.729. The van der Waals surface area contributed by atoms with E-state index in [0.29, 0.717) is 0 Å². The van der Waals surface area contributed by atoms with Crippen molar-refractivity contribution < 1.29 is 0 Å². The Bertz CT molecular complexity index is 299. The Hall–Kier alpha value is -0.870. The lowest BCUT2D eigenvalue weighted by Gasteiger charge is -2.31. The lowest BCUT2D eigenvalue weighted by atomic mass is 10.3. The number of likely N-dealkylation sites (N-methyl/N-ethyl adjacent to an activating group) is 1. The van der Waals surface area contributed by atoms with Crippen LogP contribution in [-0.4, -0.2) is 52.6 Å². The van der Waals surface area contributed by atoms with E-state index in [9.17, 15) is 0 Å². The average molecular weight is 208 g/mol. The lowest BCUT2D eigenvalue weighted by molar-refractivity contribution is 0.147. The fourth-order valence-electron chi connectivity index (χ4n) is 1.90. The fourth-order valence-corrected chi connectivity index (χ4v) is 1.90. The highest BCUT2D eigenvalue weighted by Gasteiger charge is 2.14. The number of aromatic nitrogens is 2. The minimum absolute atomic E-state index is 1.00. The van der Waals surface area contributed by atoms with Crippen LogP contribution in [0.25, 0.3) is 0 Å². The van der Waals surface area contributed by atoms with E-state index in [-0.39, 0.29) is 0 Å². The third kappa shape index (κ3) is 2.79. The van der Waals surface area contributed by atoms with Gasteiger partial charge in [0.05, 0.1) is 12.0 Å². The van der Waals surface area contributed by atoms with Gasteiger partial charge in [0.1, 0.15) is 0 Å². The molecule has 0 saturated carbocycles.